The molecule has 1 heterocycles. The number of benzene rings is 1. The number of rotatable bonds is 4. The lowest BCUT2D eigenvalue weighted by molar-refractivity contribution is -0.137. The molecule has 2 aromatic rings. The number of aromatic nitrogens is 1. The highest BCUT2D eigenvalue weighted by atomic mass is 19.4. The van der Waals surface area contributed by atoms with Crippen molar-refractivity contribution in [1.82, 2.24) is 4.57 Å². The topological polar surface area (TPSA) is 42.2 Å². The molecule has 128 valence electrons. The Kier molecular flexibility index (Phi) is 3.89. The number of aromatic carboxylic acids is 1. The Labute approximate surface area is 135 Å². The standard InChI is InChI=1S/C17H15F4NO2/c1-9-12(16(23)24)7-15(22(9)8-10-2-3-10)13-6-11(17(19,20)21)4-5-14(13)18/h4-7,10H,2-3,8H2,1H3,(H,23,24). The van der Waals surface area contributed by atoms with E-state index in [2.05, 4.69) is 0 Å². The molecule has 1 N–H and O–H groups in total. The van der Waals surface area contributed by atoms with Crippen LogP contribution >= 0.6 is 0 Å². The lowest BCUT2D eigenvalue weighted by atomic mass is 10.1. The summed E-state index contributed by atoms with van der Waals surface area (Å²) < 4.78 is 54.6. The van der Waals surface area contributed by atoms with Crippen LogP contribution in [0.3, 0.4) is 0 Å². The van der Waals surface area contributed by atoms with Gasteiger partial charge in [-0.15, -0.1) is 0 Å². The van der Waals surface area contributed by atoms with Gasteiger partial charge in [-0.2, -0.15) is 13.2 Å². The Morgan fingerprint density at radius 3 is 2.50 bits per heavy atom. The number of carbonyl (C=O) groups is 1. The average molecular weight is 341 g/mol. The molecule has 0 bridgehead atoms. The smallest absolute Gasteiger partial charge is 0.416 e. The average Bonchev–Trinajstić information content (AvgIpc) is 3.23. The van der Waals surface area contributed by atoms with Crippen LogP contribution in [-0.4, -0.2) is 15.6 Å². The van der Waals surface area contributed by atoms with E-state index in [0.29, 0.717) is 24.2 Å². The van der Waals surface area contributed by atoms with Gasteiger partial charge in [0.05, 0.1) is 16.8 Å². The van der Waals surface area contributed by atoms with Crippen LogP contribution in [0.5, 0.6) is 0 Å². The second-order valence-corrected chi connectivity index (χ2v) is 6.08. The van der Waals surface area contributed by atoms with Gasteiger partial charge in [0.2, 0.25) is 0 Å². The summed E-state index contributed by atoms with van der Waals surface area (Å²) in [5, 5.41) is 9.27. The van der Waals surface area contributed by atoms with Crippen molar-refractivity contribution in [3.05, 3.63) is 46.9 Å². The minimum absolute atomic E-state index is 0.0255. The van der Waals surface area contributed by atoms with E-state index in [-0.39, 0.29) is 16.8 Å². The third kappa shape index (κ3) is 3.02. The van der Waals surface area contributed by atoms with E-state index in [0.717, 1.165) is 25.0 Å². The third-order valence-electron chi connectivity index (χ3n) is 4.30. The monoisotopic (exact) mass is 341 g/mol. The molecule has 1 aromatic carbocycles. The molecule has 1 aliphatic rings. The fourth-order valence-corrected chi connectivity index (χ4v) is 2.78. The van der Waals surface area contributed by atoms with Gasteiger partial charge >= 0.3 is 12.1 Å². The van der Waals surface area contributed by atoms with E-state index >= 15 is 0 Å². The molecular weight excluding hydrogens is 326 g/mol. The van der Waals surface area contributed by atoms with Crippen LogP contribution < -0.4 is 0 Å². The second-order valence-electron chi connectivity index (χ2n) is 6.08. The van der Waals surface area contributed by atoms with Gasteiger partial charge in [-0.25, -0.2) is 9.18 Å². The first-order valence-corrected chi connectivity index (χ1v) is 7.49. The molecule has 0 aliphatic heterocycles. The first-order chi connectivity index (χ1) is 11.2. The van der Waals surface area contributed by atoms with Crippen LogP contribution in [0, 0.1) is 18.7 Å². The molecule has 3 nitrogen and oxygen atoms in total. The number of carboxylic acid groups (broad SMARTS) is 1. The summed E-state index contributed by atoms with van der Waals surface area (Å²) in [6.07, 6.45) is -2.64. The van der Waals surface area contributed by atoms with Gasteiger partial charge in [-0.05, 0) is 49.9 Å². The summed E-state index contributed by atoms with van der Waals surface area (Å²) in [5.74, 6) is -1.64. The second kappa shape index (κ2) is 5.65. The molecule has 0 spiro atoms. The highest BCUT2D eigenvalue weighted by molar-refractivity contribution is 5.91. The Morgan fingerprint density at radius 2 is 1.96 bits per heavy atom. The van der Waals surface area contributed by atoms with Crippen LogP contribution in [0.1, 0.15) is 34.5 Å². The first-order valence-electron chi connectivity index (χ1n) is 7.49. The molecule has 24 heavy (non-hydrogen) atoms. The summed E-state index contributed by atoms with van der Waals surface area (Å²) in [7, 11) is 0. The molecule has 3 rings (SSSR count). The van der Waals surface area contributed by atoms with E-state index in [4.69, 9.17) is 0 Å². The van der Waals surface area contributed by atoms with Gasteiger partial charge in [0.1, 0.15) is 5.82 Å². The number of halogens is 4. The minimum Gasteiger partial charge on any atom is -0.478 e. The van der Waals surface area contributed by atoms with Crippen LogP contribution in [-0.2, 0) is 12.7 Å². The zero-order valence-electron chi connectivity index (χ0n) is 12.8. The van der Waals surface area contributed by atoms with Crippen LogP contribution in [0.2, 0.25) is 0 Å². The SMILES string of the molecule is Cc1c(C(=O)O)cc(-c2cc(C(F)(F)F)ccc2F)n1CC1CC1. The van der Waals surface area contributed by atoms with Crippen LogP contribution in [0.25, 0.3) is 11.3 Å². The predicted molar refractivity (Wildman–Crippen MR) is 79.2 cm³/mol. The summed E-state index contributed by atoms with van der Waals surface area (Å²) in [4.78, 5) is 11.3. The largest absolute Gasteiger partial charge is 0.478 e. The Hall–Kier alpha value is -2.31. The molecule has 1 aromatic heterocycles. The van der Waals surface area contributed by atoms with Crippen LogP contribution in [0.15, 0.2) is 24.3 Å². The molecule has 1 aliphatic carbocycles. The number of alkyl halides is 3. The molecule has 0 saturated heterocycles. The minimum atomic E-state index is -4.60. The number of carboxylic acids is 1. The van der Waals surface area contributed by atoms with Crippen molar-refractivity contribution in [2.75, 3.05) is 0 Å². The molecule has 1 saturated carbocycles. The Balaban J connectivity index is 2.17. The number of hydrogen-bond donors (Lipinski definition) is 1. The van der Waals surface area contributed by atoms with Crippen molar-refractivity contribution in [3.63, 3.8) is 0 Å². The fourth-order valence-electron chi connectivity index (χ4n) is 2.78. The van der Waals surface area contributed by atoms with Crippen molar-refractivity contribution in [3.8, 4) is 11.3 Å². The van der Waals surface area contributed by atoms with E-state index in [1.807, 2.05) is 0 Å². The van der Waals surface area contributed by atoms with Gasteiger partial charge in [0, 0.05) is 17.8 Å². The predicted octanol–water partition coefficient (Wildman–Crippen LogP) is 4.73. The van der Waals surface area contributed by atoms with Crippen molar-refractivity contribution in [2.24, 2.45) is 5.92 Å². The summed E-state index contributed by atoms with van der Waals surface area (Å²) in [6.45, 7) is 2.06. The zero-order chi connectivity index (χ0) is 17.6. The van der Waals surface area contributed by atoms with Gasteiger partial charge in [0.15, 0.2) is 0 Å². The number of hydrogen-bond acceptors (Lipinski definition) is 1. The summed E-state index contributed by atoms with van der Waals surface area (Å²) >= 11 is 0. The van der Waals surface area contributed by atoms with Crippen molar-refractivity contribution >= 4 is 5.97 Å². The van der Waals surface area contributed by atoms with E-state index in [9.17, 15) is 27.5 Å². The molecule has 0 unspecified atom stereocenters. The summed E-state index contributed by atoms with van der Waals surface area (Å²) in [6, 6.07) is 3.43. The van der Waals surface area contributed by atoms with Gasteiger partial charge in [-0.1, -0.05) is 0 Å². The number of nitrogens with zero attached hydrogens (tertiary/aromatic N) is 1. The molecular formula is C17H15F4NO2. The Bertz CT molecular complexity index is 804. The first kappa shape index (κ1) is 16.5. The molecule has 0 amide bonds. The maximum Gasteiger partial charge on any atom is 0.416 e. The zero-order valence-corrected chi connectivity index (χ0v) is 12.8. The van der Waals surface area contributed by atoms with Gasteiger partial charge in [-0.3, -0.25) is 0 Å². The lowest BCUT2D eigenvalue weighted by Crippen LogP contribution is -2.08. The van der Waals surface area contributed by atoms with Gasteiger partial charge in [0.25, 0.3) is 0 Å². The molecule has 0 radical (unpaired) electrons. The lowest BCUT2D eigenvalue weighted by Gasteiger charge is -2.14. The van der Waals surface area contributed by atoms with E-state index in [1.165, 1.54) is 6.07 Å². The third-order valence-corrected chi connectivity index (χ3v) is 4.30. The highest BCUT2D eigenvalue weighted by Gasteiger charge is 2.32. The van der Waals surface area contributed by atoms with Crippen molar-refractivity contribution < 1.29 is 27.5 Å². The quantitative estimate of drug-likeness (QED) is 0.817. The van der Waals surface area contributed by atoms with E-state index in [1.54, 1.807) is 11.5 Å². The fraction of sp³-hybridized carbons (Fsp3) is 0.353. The molecule has 7 heteroatoms. The van der Waals surface area contributed by atoms with Gasteiger partial charge < -0.3 is 9.67 Å². The Morgan fingerprint density at radius 1 is 1.29 bits per heavy atom. The van der Waals surface area contributed by atoms with Crippen molar-refractivity contribution in [1.29, 1.82) is 0 Å². The van der Waals surface area contributed by atoms with Crippen molar-refractivity contribution in [2.45, 2.75) is 32.5 Å². The maximum absolute atomic E-state index is 14.2. The summed E-state index contributed by atoms with van der Waals surface area (Å²) in [5.41, 5.74) is -0.641. The van der Waals surface area contributed by atoms with E-state index < -0.39 is 23.5 Å². The molecule has 1 fully saturated rings. The van der Waals surface area contributed by atoms with Crippen LogP contribution in [0.4, 0.5) is 17.6 Å². The molecule has 0 atom stereocenters. The highest BCUT2D eigenvalue weighted by Crippen LogP contribution is 2.37. The maximum atomic E-state index is 14.2. The normalized spacial score (nSPS) is 14.9.